The summed E-state index contributed by atoms with van der Waals surface area (Å²) in [6.07, 6.45) is 0. The number of anilines is 2. The number of ether oxygens (including phenoxy) is 3. The quantitative estimate of drug-likeness (QED) is 0.573. The van der Waals surface area contributed by atoms with Crippen molar-refractivity contribution in [1.82, 2.24) is 9.88 Å². The number of piperazine rings is 1. The number of hydrogen-bond donors (Lipinski definition) is 1. The Morgan fingerprint density at radius 2 is 1.53 bits per heavy atom. The number of nitrogens with one attached hydrogen (secondary N) is 1. The lowest BCUT2D eigenvalue weighted by molar-refractivity contribution is 0.102. The molecule has 2 heterocycles. The van der Waals surface area contributed by atoms with Gasteiger partial charge in [0.25, 0.3) is 5.91 Å². The van der Waals surface area contributed by atoms with E-state index in [0.717, 1.165) is 37.4 Å². The average molecular weight is 463 g/mol. The molecule has 1 aliphatic rings. The minimum absolute atomic E-state index is 0.314. The lowest BCUT2D eigenvalue weighted by Crippen LogP contribution is -2.44. The fraction of sp³-hybridized carbons (Fsp3) is 0.308. The van der Waals surface area contributed by atoms with Crippen LogP contribution in [0.5, 0.6) is 17.2 Å². The van der Waals surface area contributed by atoms with E-state index in [0.29, 0.717) is 28.6 Å². The number of hydrogen-bond acceptors (Lipinski definition) is 7. The van der Waals surface area contributed by atoms with E-state index in [-0.39, 0.29) is 5.91 Å². The summed E-state index contributed by atoms with van der Waals surface area (Å²) in [6.45, 7) is 4.16. The zero-order valence-corrected chi connectivity index (χ0v) is 20.0. The number of likely N-dealkylation sites (N-methyl/N-ethyl adjacent to an activating group) is 1. The fourth-order valence-corrected chi connectivity index (χ4v) is 3.98. The van der Waals surface area contributed by atoms with E-state index < -0.39 is 0 Å². The Kier molecular flexibility index (Phi) is 7.18. The SMILES string of the molecule is COc1cc(NC(=O)c2cccc(-c3ccc(N4CCN(C)CC4)cc3)n2)cc(OC)c1OC. The molecule has 0 bridgehead atoms. The summed E-state index contributed by atoms with van der Waals surface area (Å²) in [4.78, 5) is 22.3. The lowest BCUT2D eigenvalue weighted by atomic mass is 10.1. The third-order valence-electron chi connectivity index (χ3n) is 5.94. The molecular formula is C26H30N4O4. The highest BCUT2D eigenvalue weighted by molar-refractivity contribution is 6.03. The maximum atomic E-state index is 12.9. The molecule has 1 aliphatic heterocycles. The molecule has 0 atom stereocenters. The number of amides is 1. The van der Waals surface area contributed by atoms with Crippen LogP contribution in [0.25, 0.3) is 11.3 Å². The van der Waals surface area contributed by atoms with Crippen LogP contribution in [0.2, 0.25) is 0 Å². The highest BCUT2D eigenvalue weighted by Crippen LogP contribution is 2.40. The van der Waals surface area contributed by atoms with E-state index in [1.54, 1.807) is 18.2 Å². The van der Waals surface area contributed by atoms with Crippen molar-refractivity contribution in [1.29, 1.82) is 0 Å². The highest BCUT2D eigenvalue weighted by Gasteiger charge is 2.17. The first-order valence-electron chi connectivity index (χ1n) is 11.1. The van der Waals surface area contributed by atoms with E-state index in [9.17, 15) is 4.79 Å². The molecule has 4 rings (SSSR count). The number of rotatable bonds is 7. The first-order chi connectivity index (χ1) is 16.5. The monoisotopic (exact) mass is 462 g/mol. The van der Waals surface area contributed by atoms with Gasteiger partial charge in [0.1, 0.15) is 5.69 Å². The van der Waals surface area contributed by atoms with Crippen molar-refractivity contribution < 1.29 is 19.0 Å². The summed E-state index contributed by atoms with van der Waals surface area (Å²) in [6, 6.07) is 17.1. The van der Waals surface area contributed by atoms with Crippen LogP contribution in [-0.4, -0.2) is 70.3 Å². The van der Waals surface area contributed by atoms with Gasteiger partial charge in [-0.3, -0.25) is 4.79 Å². The Hall–Kier alpha value is -3.78. The molecule has 8 nitrogen and oxygen atoms in total. The second kappa shape index (κ2) is 10.4. The molecule has 1 saturated heterocycles. The third kappa shape index (κ3) is 5.07. The van der Waals surface area contributed by atoms with E-state index >= 15 is 0 Å². The van der Waals surface area contributed by atoms with Gasteiger partial charge in [-0.05, 0) is 31.3 Å². The maximum Gasteiger partial charge on any atom is 0.274 e. The number of nitrogens with zero attached hydrogens (tertiary/aromatic N) is 3. The van der Waals surface area contributed by atoms with Crippen LogP contribution in [0.15, 0.2) is 54.6 Å². The van der Waals surface area contributed by atoms with E-state index in [1.807, 2.05) is 12.1 Å². The van der Waals surface area contributed by atoms with Crippen molar-refractivity contribution >= 4 is 17.3 Å². The number of aromatic nitrogens is 1. The molecule has 0 spiro atoms. The number of methoxy groups -OCH3 is 3. The van der Waals surface area contributed by atoms with Gasteiger partial charge in [-0.2, -0.15) is 0 Å². The van der Waals surface area contributed by atoms with Gasteiger partial charge >= 0.3 is 0 Å². The Labute approximate surface area is 200 Å². The van der Waals surface area contributed by atoms with E-state index in [2.05, 4.69) is 51.4 Å². The number of carbonyl (C=O) groups excluding carboxylic acids is 1. The minimum atomic E-state index is -0.329. The Bertz CT molecular complexity index is 1120. The molecule has 0 aliphatic carbocycles. The molecular weight excluding hydrogens is 432 g/mol. The average Bonchev–Trinajstić information content (AvgIpc) is 2.88. The molecule has 0 radical (unpaired) electrons. The van der Waals surface area contributed by atoms with Gasteiger partial charge in [0.15, 0.2) is 11.5 Å². The van der Waals surface area contributed by atoms with Crippen LogP contribution in [-0.2, 0) is 0 Å². The standard InChI is InChI=1S/C26H30N4O4/c1-29-12-14-30(15-13-29)20-10-8-18(9-11-20)21-6-5-7-22(28-21)26(31)27-19-16-23(32-2)25(34-4)24(17-19)33-3/h5-11,16-17H,12-15H2,1-4H3,(H,27,31). The molecule has 3 aromatic rings. The van der Waals surface area contributed by atoms with Gasteiger partial charge in [-0.25, -0.2) is 4.98 Å². The Balaban J connectivity index is 1.51. The zero-order valence-electron chi connectivity index (χ0n) is 20.0. The predicted molar refractivity (Wildman–Crippen MR) is 133 cm³/mol. The molecule has 178 valence electrons. The van der Waals surface area contributed by atoms with Crippen molar-refractivity contribution in [2.45, 2.75) is 0 Å². The van der Waals surface area contributed by atoms with Crippen molar-refractivity contribution in [3.63, 3.8) is 0 Å². The number of carbonyl (C=O) groups is 1. The Morgan fingerprint density at radius 1 is 0.882 bits per heavy atom. The van der Waals surface area contributed by atoms with E-state index in [1.165, 1.54) is 27.0 Å². The summed E-state index contributed by atoms with van der Waals surface area (Å²) in [7, 11) is 6.74. The molecule has 0 saturated carbocycles. The third-order valence-corrected chi connectivity index (χ3v) is 5.94. The van der Waals surface area contributed by atoms with Crippen molar-refractivity contribution in [3.05, 3.63) is 60.3 Å². The molecule has 8 heteroatoms. The molecule has 2 aromatic carbocycles. The molecule has 34 heavy (non-hydrogen) atoms. The van der Waals surface area contributed by atoms with Crippen LogP contribution >= 0.6 is 0 Å². The summed E-state index contributed by atoms with van der Waals surface area (Å²) >= 11 is 0. The van der Waals surface area contributed by atoms with Crippen LogP contribution in [0, 0.1) is 0 Å². The Morgan fingerprint density at radius 3 is 2.12 bits per heavy atom. The van der Waals surface area contributed by atoms with Gasteiger partial charge in [-0.15, -0.1) is 0 Å². The first kappa shape index (κ1) is 23.4. The molecule has 1 amide bonds. The molecule has 1 fully saturated rings. The topological polar surface area (TPSA) is 76.2 Å². The van der Waals surface area contributed by atoms with Gasteiger partial charge < -0.3 is 29.3 Å². The van der Waals surface area contributed by atoms with E-state index in [4.69, 9.17) is 14.2 Å². The fourth-order valence-electron chi connectivity index (χ4n) is 3.98. The van der Waals surface area contributed by atoms with Crippen LogP contribution in [0.1, 0.15) is 10.5 Å². The summed E-state index contributed by atoms with van der Waals surface area (Å²) in [5.41, 5.74) is 3.73. The van der Waals surface area contributed by atoms with Crippen LogP contribution < -0.4 is 24.4 Å². The molecule has 1 aromatic heterocycles. The predicted octanol–water partition coefficient (Wildman–Crippen LogP) is 3.78. The maximum absolute atomic E-state index is 12.9. The van der Waals surface area contributed by atoms with Gasteiger partial charge in [0.2, 0.25) is 5.75 Å². The van der Waals surface area contributed by atoms with Crippen molar-refractivity contribution in [2.24, 2.45) is 0 Å². The smallest absolute Gasteiger partial charge is 0.274 e. The first-order valence-corrected chi connectivity index (χ1v) is 11.1. The normalized spacial score (nSPS) is 13.9. The zero-order chi connectivity index (χ0) is 24.1. The highest BCUT2D eigenvalue weighted by atomic mass is 16.5. The number of benzene rings is 2. The minimum Gasteiger partial charge on any atom is -0.493 e. The second-order valence-corrected chi connectivity index (χ2v) is 8.11. The van der Waals surface area contributed by atoms with Gasteiger partial charge in [-0.1, -0.05) is 18.2 Å². The number of pyridine rings is 1. The van der Waals surface area contributed by atoms with Crippen LogP contribution in [0.4, 0.5) is 11.4 Å². The lowest BCUT2D eigenvalue weighted by Gasteiger charge is -2.34. The second-order valence-electron chi connectivity index (χ2n) is 8.11. The largest absolute Gasteiger partial charge is 0.493 e. The van der Waals surface area contributed by atoms with Crippen LogP contribution in [0.3, 0.4) is 0 Å². The van der Waals surface area contributed by atoms with Crippen molar-refractivity contribution in [3.8, 4) is 28.5 Å². The van der Waals surface area contributed by atoms with Crippen molar-refractivity contribution in [2.75, 3.05) is 64.8 Å². The summed E-state index contributed by atoms with van der Waals surface area (Å²) < 4.78 is 16.1. The summed E-state index contributed by atoms with van der Waals surface area (Å²) in [5, 5.41) is 2.87. The van der Waals surface area contributed by atoms with Gasteiger partial charge in [0.05, 0.1) is 27.0 Å². The van der Waals surface area contributed by atoms with Gasteiger partial charge in [0, 0.05) is 55.2 Å². The summed E-state index contributed by atoms with van der Waals surface area (Å²) in [5.74, 6) is 1.05. The molecule has 0 unspecified atom stereocenters. The molecule has 1 N–H and O–H groups in total.